The fraction of sp³-hybridized carbons (Fsp3) is 0.250. The van der Waals surface area contributed by atoms with E-state index in [-0.39, 0.29) is 12.0 Å². The molecule has 3 heteroatoms. The molecule has 0 aliphatic carbocycles. The molecule has 2 atom stereocenters. The first kappa shape index (κ1) is 9.75. The van der Waals surface area contributed by atoms with Crippen molar-refractivity contribution in [3.8, 4) is 6.07 Å². The Bertz CT molecular complexity index is 407. The van der Waals surface area contributed by atoms with E-state index in [1.165, 1.54) is 0 Å². The van der Waals surface area contributed by atoms with Crippen LogP contribution in [0, 0.1) is 17.2 Å². The van der Waals surface area contributed by atoms with Crippen LogP contribution >= 0.6 is 0 Å². The summed E-state index contributed by atoms with van der Waals surface area (Å²) in [5.41, 5.74) is 1.07. The highest BCUT2D eigenvalue weighted by Crippen LogP contribution is 2.38. The van der Waals surface area contributed by atoms with Gasteiger partial charge in [-0.1, -0.05) is 36.9 Å². The van der Waals surface area contributed by atoms with Crippen LogP contribution in [0.15, 0.2) is 42.7 Å². The van der Waals surface area contributed by atoms with Crippen molar-refractivity contribution in [3.05, 3.63) is 48.2 Å². The molecule has 1 saturated heterocycles. The van der Waals surface area contributed by atoms with E-state index < -0.39 is 0 Å². The van der Waals surface area contributed by atoms with Crippen LogP contribution in [0.3, 0.4) is 0 Å². The number of nitrogens with zero attached hydrogens (tertiary/aromatic N) is 2. The van der Waals surface area contributed by atoms with Crippen LogP contribution in [0.4, 0.5) is 0 Å². The normalized spacial score (nSPS) is 26.0. The lowest BCUT2D eigenvalue weighted by atomic mass is 9.94. The molecule has 0 saturated carbocycles. The third kappa shape index (κ3) is 1.60. The largest absolute Gasteiger partial charge is 0.409 e. The lowest BCUT2D eigenvalue weighted by Gasteiger charge is -2.18. The first-order valence-electron chi connectivity index (χ1n) is 4.78. The molecule has 76 valence electrons. The summed E-state index contributed by atoms with van der Waals surface area (Å²) in [7, 11) is 1.82. The first-order chi connectivity index (χ1) is 7.24. The topological polar surface area (TPSA) is 36.3 Å². The Morgan fingerprint density at radius 1 is 1.40 bits per heavy atom. The SMILES string of the molecule is C=C1ON(C)C(c2ccccc2)C1C#N. The molecule has 2 unspecified atom stereocenters. The van der Waals surface area contributed by atoms with Gasteiger partial charge in [-0.25, -0.2) is 0 Å². The molecule has 1 fully saturated rings. The van der Waals surface area contributed by atoms with Crippen LogP contribution in [-0.4, -0.2) is 12.1 Å². The zero-order valence-corrected chi connectivity index (χ0v) is 8.55. The summed E-state index contributed by atoms with van der Waals surface area (Å²) in [4.78, 5) is 5.35. The van der Waals surface area contributed by atoms with Crippen LogP contribution in [0.2, 0.25) is 0 Å². The Balaban J connectivity index is 2.36. The minimum atomic E-state index is -0.294. The lowest BCUT2D eigenvalue weighted by molar-refractivity contribution is -0.0823. The van der Waals surface area contributed by atoms with Gasteiger partial charge in [0.25, 0.3) is 0 Å². The van der Waals surface area contributed by atoms with E-state index in [1.54, 1.807) is 5.06 Å². The Morgan fingerprint density at radius 3 is 2.67 bits per heavy atom. The average Bonchev–Trinajstić information content (AvgIpc) is 2.54. The van der Waals surface area contributed by atoms with E-state index in [2.05, 4.69) is 12.6 Å². The van der Waals surface area contributed by atoms with Crippen molar-refractivity contribution in [2.75, 3.05) is 7.05 Å². The molecule has 0 spiro atoms. The second kappa shape index (κ2) is 3.76. The van der Waals surface area contributed by atoms with Crippen molar-refractivity contribution in [1.29, 1.82) is 5.26 Å². The predicted molar refractivity (Wildman–Crippen MR) is 56.3 cm³/mol. The van der Waals surface area contributed by atoms with E-state index in [1.807, 2.05) is 37.4 Å². The molecule has 0 N–H and O–H groups in total. The first-order valence-corrected chi connectivity index (χ1v) is 4.78. The zero-order chi connectivity index (χ0) is 10.8. The molecule has 0 radical (unpaired) electrons. The summed E-state index contributed by atoms with van der Waals surface area (Å²) in [5, 5.41) is 10.8. The number of benzene rings is 1. The van der Waals surface area contributed by atoms with Gasteiger partial charge in [0.2, 0.25) is 0 Å². The highest BCUT2D eigenvalue weighted by molar-refractivity contribution is 5.26. The fourth-order valence-corrected chi connectivity index (χ4v) is 1.88. The van der Waals surface area contributed by atoms with Gasteiger partial charge in [-0.2, -0.15) is 5.26 Å². The predicted octanol–water partition coefficient (Wildman–Crippen LogP) is 2.26. The van der Waals surface area contributed by atoms with Crippen LogP contribution in [0.25, 0.3) is 0 Å². The summed E-state index contributed by atoms with van der Waals surface area (Å²) in [6.45, 7) is 3.75. The van der Waals surface area contributed by atoms with Crippen molar-refractivity contribution < 1.29 is 4.84 Å². The summed E-state index contributed by atoms with van der Waals surface area (Å²) in [5.74, 6) is 0.228. The number of hydrogen-bond donors (Lipinski definition) is 0. The monoisotopic (exact) mass is 200 g/mol. The highest BCUT2D eigenvalue weighted by atomic mass is 16.7. The number of nitriles is 1. The highest BCUT2D eigenvalue weighted by Gasteiger charge is 2.38. The summed E-state index contributed by atoms with van der Waals surface area (Å²) in [6, 6.07) is 12.0. The van der Waals surface area contributed by atoms with Gasteiger partial charge in [0.1, 0.15) is 11.7 Å². The van der Waals surface area contributed by atoms with Gasteiger partial charge >= 0.3 is 0 Å². The molecule has 15 heavy (non-hydrogen) atoms. The fourth-order valence-electron chi connectivity index (χ4n) is 1.88. The Labute approximate surface area is 89.1 Å². The van der Waals surface area contributed by atoms with Crippen molar-refractivity contribution in [2.24, 2.45) is 5.92 Å². The minimum Gasteiger partial charge on any atom is -0.409 e. The maximum Gasteiger partial charge on any atom is 0.136 e. The average molecular weight is 200 g/mol. The van der Waals surface area contributed by atoms with Crippen LogP contribution < -0.4 is 0 Å². The molecule has 0 aromatic heterocycles. The molecule has 1 aliphatic heterocycles. The number of hydrogen-bond acceptors (Lipinski definition) is 3. The Hall–Kier alpha value is -1.79. The molecule has 3 nitrogen and oxygen atoms in total. The second-order valence-electron chi connectivity index (χ2n) is 3.57. The Kier molecular flexibility index (Phi) is 2.44. The molecular weight excluding hydrogens is 188 g/mol. The van der Waals surface area contributed by atoms with Gasteiger partial charge < -0.3 is 4.84 Å². The summed E-state index contributed by atoms with van der Waals surface area (Å²) >= 11 is 0. The summed E-state index contributed by atoms with van der Waals surface area (Å²) in [6.07, 6.45) is 0. The number of rotatable bonds is 1. The van der Waals surface area contributed by atoms with Gasteiger partial charge in [-0.15, -0.1) is 5.06 Å². The van der Waals surface area contributed by atoms with Gasteiger partial charge in [0.15, 0.2) is 0 Å². The standard InChI is InChI=1S/C12H12N2O/c1-9-11(8-13)12(14(2)15-9)10-6-4-3-5-7-10/h3-7,11-12H,1H2,2H3. The van der Waals surface area contributed by atoms with Crippen LogP contribution in [-0.2, 0) is 4.84 Å². The third-order valence-electron chi connectivity index (χ3n) is 2.60. The lowest BCUT2D eigenvalue weighted by Crippen LogP contribution is -2.19. The van der Waals surface area contributed by atoms with E-state index in [0.29, 0.717) is 5.76 Å². The van der Waals surface area contributed by atoms with E-state index in [9.17, 15) is 0 Å². The molecule has 1 aromatic rings. The van der Waals surface area contributed by atoms with Gasteiger partial charge in [-0.3, -0.25) is 0 Å². The van der Waals surface area contributed by atoms with Crippen LogP contribution in [0.5, 0.6) is 0 Å². The minimum absolute atomic E-state index is 0.0521. The zero-order valence-electron chi connectivity index (χ0n) is 8.55. The molecular formula is C12H12N2O. The van der Waals surface area contributed by atoms with Crippen LogP contribution in [0.1, 0.15) is 11.6 Å². The molecule has 0 amide bonds. The maximum atomic E-state index is 9.07. The van der Waals surface area contributed by atoms with E-state index in [4.69, 9.17) is 10.1 Å². The van der Waals surface area contributed by atoms with Gasteiger partial charge in [-0.05, 0) is 5.56 Å². The molecule has 1 heterocycles. The quantitative estimate of drug-likeness (QED) is 0.697. The molecule has 2 rings (SSSR count). The van der Waals surface area contributed by atoms with E-state index in [0.717, 1.165) is 5.56 Å². The van der Waals surface area contributed by atoms with E-state index >= 15 is 0 Å². The van der Waals surface area contributed by atoms with Crippen molar-refractivity contribution in [1.82, 2.24) is 5.06 Å². The third-order valence-corrected chi connectivity index (χ3v) is 2.60. The smallest absolute Gasteiger partial charge is 0.136 e. The maximum absolute atomic E-state index is 9.07. The molecule has 1 aromatic carbocycles. The van der Waals surface area contributed by atoms with Gasteiger partial charge in [0, 0.05) is 7.05 Å². The molecule has 0 bridgehead atoms. The molecule has 1 aliphatic rings. The van der Waals surface area contributed by atoms with Crippen molar-refractivity contribution >= 4 is 0 Å². The van der Waals surface area contributed by atoms with Crippen molar-refractivity contribution in [2.45, 2.75) is 6.04 Å². The van der Waals surface area contributed by atoms with Crippen molar-refractivity contribution in [3.63, 3.8) is 0 Å². The van der Waals surface area contributed by atoms with Gasteiger partial charge in [0.05, 0.1) is 12.1 Å². The Morgan fingerprint density at radius 2 is 2.07 bits per heavy atom. The summed E-state index contributed by atoms with van der Waals surface area (Å²) < 4.78 is 0. The number of hydroxylamine groups is 2. The second-order valence-corrected chi connectivity index (χ2v) is 3.57.